The van der Waals surface area contributed by atoms with Crippen LogP contribution in [-0.4, -0.2) is 26.7 Å². The standard InChI is InChI=1S/C13H16F3NO3S/c14-13(15,16)10-3-1-2-4-11(10)21(19,20)17-9-12(5-6-12)7-8-18/h1-4,17-18H,5-9H2. The second kappa shape index (κ2) is 5.58. The number of hydrogen-bond acceptors (Lipinski definition) is 3. The Bertz CT molecular complexity index is 609. The summed E-state index contributed by atoms with van der Waals surface area (Å²) in [7, 11) is -4.24. The SMILES string of the molecule is O=S(=O)(NCC1(CCO)CC1)c1ccccc1C(F)(F)F. The number of rotatable bonds is 6. The summed E-state index contributed by atoms with van der Waals surface area (Å²) in [4.78, 5) is -0.766. The van der Waals surface area contributed by atoms with Crippen molar-refractivity contribution in [2.45, 2.75) is 30.3 Å². The number of nitrogens with one attached hydrogen (secondary N) is 1. The van der Waals surface area contributed by atoms with E-state index < -0.39 is 26.7 Å². The molecule has 1 saturated carbocycles. The van der Waals surface area contributed by atoms with Crippen LogP contribution in [0.2, 0.25) is 0 Å². The Morgan fingerprint density at radius 2 is 1.86 bits per heavy atom. The van der Waals surface area contributed by atoms with Crippen molar-refractivity contribution in [1.29, 1.82) is 0 Å². The predicted molar refractivity (Wildman–Crippen MR) is 70.0 cm³/mol. The van der Waals surface area contributed by atoms with E-state index in [9.17, 15) is 21.6 Å². The van der Waals surface area contributed by atoms with E-state index in [4.69, 9.17) is 5.11 Å². The van der Waals surface area contributed by atoms with Crippen LogP contribution in [-0.2, 0) is 16.2 Å². The van der Waals surface area contributed by atoms with Crippen molar-refractivity contribution in [3.8, 4) is 0 Å². The van der Waals surface area contributed by atoms with Crippen LogP contribution in [0.3, 0.4) is 0 Å². The van der Waals surface area contributed by atoms with Gasteiger partial charge in [-0.15, -0.1) is 0 Å². The third-order valence-electron chi connectivity index (χ3n) is 3.72. The second-order valence-corrected chi connectivity index (χ2v) is 7.03. The predicted octanol–water partition coefficient (Wildman–Crippen LogP) is 2.15. The summed E-state index contributed by atoms with van der Waals surface area (Å²) in [5.41, 5.74) is -1.49. The fourth-order valence-corrected chi connectivity index (χ4v) is 3.57. The summed E-state index contributed by atoms with van der Waals surface area (Å²) in [5, 5.41) is 8.91. The maximum Gasteiger partial charge on any atom is 0.417 e. The van der Waals surface area contributed by atoms with E-state index in [0.29, 0.717) is 6.42 Å². The summed E-state index contributed by atoms with van der Waals surface area (Å²) in [5.74, 6) is 0. The van der Waals surface area contributed by atoms with E-state index in [1.807, 2.05) is 0 Å². The van der Waals surface area contributed by atoms with Gasteiger partial charge >= 0.3 is 6.18 Å². The zero-order valence-corrected chi connectivity index (χ0v) is 12.0. The van der Waals surface area contributed by atoms with Crippen molar-refractivity contribution < 1.29 is 26.7 Å². The molecule has 1 fully saturated rings. The quantitative estimate of drug-likeness (QED) is 0.843. The highest BCUT2D eigenvalue weighted by molar-refractivity contribution is 7.89. The largest absolute Gasteiger partial charge is 0.417 e. The van der Waals surface area contributed by atoms with Crippen LogP contribution in [0.25, 0.3) is 0 Å². The molecule has 118 valence electrons. The molecule has 1 aromatic rings. The first-order chi connectivity index (χ1) is 9.70. The van der Waals surface area contributed by atoms with Crippen molar-refractivity contribution in [3.63, 3.8) is 0 Å². The number of hydrogen-bond donors (Lipinski definition) is 2. The maximum absolute atomic E-state index is 12.9. The van der Waals surface area contributed by atoms with Crippen LogP contribution < -0.4 is 4.72 Å². The third-order valence-corrected chi connectivity index (χ3v) is 5.18. The van der Waals surface area contributed by atoms with E-state index in [0.717, 1.165) is 31.0 Å². The molecule has 2 N–H and O–H groups in total. The Morgan fingerprint density at radius 3 is 2.38 bits per heavy atom. The monoisotopic (exact) mass is 323 g/mol. The lowest BCUT2D eigenvalue weighted by Gasteiger charge is -2.17. The first kappa shape index (κ1) is 16.3. The topological polar surface area (TPSA) is 66.4 Å². The lowest BCUT2D eigenvalue weighted by atomic mass is 10.0. The fraction of sp³-hybridized carbons (Fsp3) is 0.538. The minimum absolute atomic E-state index is 0.0437. The van der Waals surface area contributed by atoms with E-state index in [1.165, 1.54) is 6.07 Å². The number of sulfonamides is 1. The summed E-state index contributed by atoms with van der Waals surface area (Å²) in [6.07, 6.45) is -2.77. The lowest BCUT2D eigenvalue weighted by Crippen LogP contribution is -2.32. The molecule has 1 aliphatic rings. The molecule has 0 atom stereocenters. The van der Waals surface area contributed by atoms with Crippen LogP contribution in [0, 0.1) is 5.41 Å². The normalized spacial score (nSPS) is 17.7. The molecule has 0 unspecified atom stereocenters. The van der Waals surface area contributed by atoms with Crippen molar-refractivity contribution in [3.05, 3.63) is 29.8 Å². The number of benzene rings is 1. The fourth-order valence-electron chi connectivity index (χ4n) is 2.19. The average Bonchev–Trinajstić information content (AvgIpc) is 3.17. The number of aliphatic hydroxyl groups is 1. The molecule has 0 aliphatic heterocycles. The summed E-state index contributed by atoms with van der Waals surface area (Å²) < 4.78 is 65.0. The molecule has 0 radical (unpaired) electrons. The molecular formula is C13H16F3NO3S. The first-order valence-corrected chi connectivity index (χ1v) is 7.95. The highest BCUT2D eigenvalue weighted by Gasteiger charge is 2.43. The zero-order chi connectivity index (χ0) is 15.7. The molecule has 0 heterocycles. The Hall–Kier alpha value is -1.12. The van der Waals surface area contributed by atoms with Crippen LogP contribution >= 0.6 is 0 Å². The van der Waals surface area contributed by atoms with Gasteiger partial charge in [0.15, 0.2) is 0 Å². The average molecular weight is 323 g/mol. The lowest BCUT2D eigenvalue weighted by molar-refractivity contribution is -0.139. The zero-order valence-electron chi connectivity index (χ0n) is 11.2. The Balaban J connectivity index is 2.21. The van der Waals surface area contributed by atoms with Gasteiger partial charge in [-0.3, -0.25) is 0 Å². The number of aliphatic hydroxyl groups excluding tert-OH is 1. The minimum atomic E-state index is -4.73. The molecule has 0 saturated heterocycles. The molecule has 2 rings (SSSR count). The molecular weight excluding hydrogens is 307 g/mol. The minimum Gasteiger partial charge on any atom is -0.396 e. The number of alkyl halides is 3. The van der Waals surface area contributed by atoms with Gasteiger partial charge in [0, 0.05) is 13.2 Å². The van der Waals surface area contributed by atoms with Crippen LogP contribution in [0.5, 0.6) is 0 Å². The van der Waals surface area contributed by atoms with Gasteiger partial charge in [-0.1, -0.05) is 12.1 Å². The van der Waals surface area contributed by atoms with Gasteiger partial charge in [-0.2, -0.15) is 13.2 Å². The second-order valence-electron chi connectivity index (χ2n) is 5.29. The highest BCUT2D eigenvalue weighted by atomic mass is 32.2. The first-order valence-electron chi connectivity index (χ1n) is 6.47. The van der Waals surface area contributed by atoms with Gasteiger partial charge in [-0.05, 0) is 36.8 Å². The van der Waals surface area contributed by atoms with Crippen LogP contribution in [0.4, 0.5) is 13.2 Å². The molecule has 1 aromatic carbocycles. The molecule has 1 aliphatic carbocycles. The molecule has 4 nitrogen and oxygen atoms in total. The molecule has 8 heteroatoms. The van der Waals surface area contributed by atoms with E-state index >= 15 is 0 Å². The van der Waals surface area contributed by atoms with Crippen LogP contribution in [0.1, 0.15) is 24.8 Å². The van der Waals surface area contributed by atoms with E-state index in [2.05, 4.69) is 4.72 Å². The van der Waals surface area contributed by atoms with Gasteiger partial charge < -0.3 is 5.11 Å². The Kier molecular flexibility index (Phi) is 4.32. The van der Waals surface area contributed by atoms with Crippen molar-refractivity contribution in [2.24, 2.45) is 5.41 Å². The summed E-state index contributed by atoms with van der Waals surface area (Å²) in [6.45, 7) is -0.0249. The smallest absolute Gasteiger partial charge is 0.396 e. The van der Waals surface area contributed by atoms with Crippen molar-refractivity contribution in [2.75, 3.05) is 13.2 Å². The molecule has 21 heavy (non-hydrogen) atoms. The van der Waals surface area contributed by atoms with Gasteiger partial charge in [0.25, 0.3) is 0 Å². The Labute approximate surface area is 121 Å². The molecule has 0 aromatic heterocycles. The summed E-state index contributed by atoms with van der Waals surface area (Å²) >= 11 is 0. The van der Waals surface area contributed by atoms with Crippen molar-refractivity contribution >= 4 is 10.0 Å². The van der Waals surface area contributed by atoms with Crippen molar-refractivity contribution in [1.82, 2.24) is 4.72 Å². The van der Waals surface area contributed by atoms with Gasteiger partial charge in [0.1, 0.15) is 0 Å². The Morgan fingerprint density at radius 1 is 1.24 bits per heavy atom. The number of halogens is 3. The highest BCUT2D eigenvalue weighted by Crippen LogP contribution is 2.48. The van der Waals surface area contributed by atoms with Gasteiger partial charge in [0.2, 0.25) is 10.0 Å². The van der Waals surface area contributed by atoms with Gasteiger partial charge in [0.05, 0.1) is 10.5 Å². The molecule has 0 amide bonds. The van der Waals surface area contributed by atoms with E-state index in [1.54, 1.807) is 0 Å². The maximum atomic E-state index is 12.9. The van der Waals surface area contributed by atoms with Crippen LogP contribution in [0.15, 0.2) is 29.2 Å². The third kappa shape index (κ3) is 3.75. The molecule has 0 bridgehead atoms. The summed E-state index contributed by atoms with van der Waals surface area (Å²) in [6, 6.07) is 4.09. The van der Waals surface area contributed by atoms with Gasteiger partial charge in [-0.25, -0.2) is 13.1 Å². The molecule has 0 spiro atoms. The van der Waals surface area contributed by atoms with E-state index in [-0.39, 0.29) is 18.6 Å².